The van der Waals surface area contributed by atoms with Crippen LogP contribution in [0.3, 0.4) is 0 Å². The SMILES string of the molecule is CCCS(=O)(=O)N(CCO)CC(F)(F)F. The van der Waals surface area contributed by atoms with Crippen LogP contribution in [0.4, 0.5) is 13.2 Å². The zero-order valence-electron chi connectivity index (χ0n) is 8.29. The summed E-state index contributed by atoms with van der Waals surface area (Å²) in [4.78, 5) is 0. The molecule has 0 aromatic carbocycles. The third-order valence-electron chi connectivity index (χ3n) is 1.56. The Morgan fingerprint density at radius 3 is 2.20 bits per heavy atom. The van der Waals surface area contributed by atoms with Crippen LogP contribution in [0, 0.1) is 0 Å². The average Bonchev–Trinajstić information content (AvgIpc) is 2.01. The van der Waals surface area contributed by atoms with Gasteiger partial charge in [-0.2, -0.15) is 17.5 Å². The van der Waals surface area contributed by atoms with Crippen molar-refractivity contribution in [1.29, 1.82) is 0 Å². The number of sulfonamides is 1. The molecule has 0 unspecified atom stereocenters. The zero-order chi connectivity index (χ0) is 12.1. The summed E-state index contributed by atoms with van der Waals surface area (Å²) in [6.07, 6.45) is -4.35. The van der Waals surface area contributed by atoms with Gasteiger partial charge in [0.15, 0.2) is 0 Å². The molecule has 0 aliphatic rings. The van der Waals surface area contributed by atoms with E-state index < -0.39 is 35.9 Å². The minimum Gasteiger partial charge on any atom is -0.395 e. The smallest absolute Gasteiger partial charge is 0.395 e. The average molecular weight is 249 g/mol. The van der Waals surface area contributed by atoms with Gasteiger partial charge in [0.2, 0.25) is 10.0 Å². The summed E-state index contributed by atoms with van der Waals surface area (Å²) in [5, 5.41) is 8.49. The third-order valence-corrected chi connectivity index (χ3v) is 3.58. The summed E-state index contributed by atoms with van der Waals surface area (Å²) in [5.74, 6) is -0.344. The summed E-state index contributed by atoms with van der Waals surface area (Å²) < 4.78 is 58.9. The van der Waals surface area contributed by atoms with Crippen LogP contribution in [0.1, 0.15) is 13.3 Å². The summed E-state index contributed by atoms with van der Waals surface area (Å²) in [6.45, 7) is -1.14. The predicted molar refractivity (Wildman–Crippen MR) is 48.8 cm³/mol. The summed E-state index contributed by atoms with van der Waals surface area (Å²) in [7, 11) is -3.91. The molecular weight excluding hydrogens is 235 g/mol. The molecule has 0 amide bonds. The summed E-state index contributed by atoms with van der Waals surface area (Å²) in [5.41, 5.74) is 0. The quantitative estimate of drug-likeness (QED) is 0.749. The minimum absolute atomic E-state index is 0.238. The fourth-order valence-electron chi connectivity index (χ4n) is 1.02. The fraction of sp³-hybridized carbons (Fsp3) is 1.00. The topological polar surface area (TPSA) is 57.6 Å². The maximum Gasteiger partial charge on any atom is 0.402 e. The molecule has 0 aliphatic heterocycles. The second-order valence-corrected chi connectivity index (χ2v) is 5.08. The lowest BCUT2D eigenvalue weighted by atomic mass is 10.6. The Bertz CT molecular complexity index is 276. The molecule has 0 bridgehead atoms. The maximum absolute atomic E-state index is 12.0. The number of hydrogen-bond acceptors (Lipinski definition) is 3. The highest BCUT2D eigenvalue weighted by molar-refractivity contribution is 7.89. The molecule has 1 N–H and O–H groups in total. The number of alkyl halides is 3. The van der Waals surface area contributed by atoms with E-state index in [9.17, 15) is 21.6 Å². The molecule has 0 aromatic heterocycles. The normalized spacial score (nSPS) is 13.5. The van der Waals surface area contributed by atoms with Crippen LogP contribution in [0.15, 0.2) is 0 Å². The van der Waals surface area contributed by atoms with E-state index in [2.05, 4.69) is 0 Å². The van der Waals surface area contributed by atoms with Gasteiger partial charge >= 0.3 is 6.18 Å². The number of nitrogens with zero attached hydrogens (tertiary/aromatic N) is 1. The molecule has 0 rings (SSSR count). The van der Waals surface area contributed by atoms with Gasteiger partial charge in [0.25, 0.3) is 0 Å². The van der Waals surface area contributed by atoms with Crippen molar-refractivity contribution in [2.24, 2.45) is 0 Å². The first-order valence-electron chi connectivity index (χ1n) is 4.38. The molecule has 0 saturated carbocycles. The lowest BCUT2D eigenvalue weighted by Crippen LogP contribution is -2.41. The Labute approximate surface area is 86.7 Å². The molecule has 0 heterocycles. The Hall–Kier alpha value is -0.340. The van der Waals surface area contributed by atoms with Crippen LogP contribution in [-0.4, -0.2) is 49.5 Å². The van der Waals surface area contributed by atoms with Crippen molar-refractivity contribution >= 4 is 10.0 Å². The van der Waals surface area contributed by atoms with Gasteiger partial charge in [-0.15, -0.1) is 0 Å². The fourth-order valence-corrected chi connectivity index (χ4v) is 2.49. The van der Waals surface area contributed by atoms with Gasteiger partial charge in [-0.3, -0.25) is 0 Å². The van der Waals surface area contributed by atoms with Crippen LogP contribution < -0.4 is 0 Å². The van der Waals surface area contributed by atoms with Crippen LogP contribution >= 0.6 is 0 Å². The highest BCUT2D eigenvalue weighted by Gasteiger charge is 2.35. The van der Waals surface area contributed by atoms with E-state index in [1.165, 1.54) is 0 Å². The zero-order valence-corrected chi connectivity index (χ0v) is 9.11. The van der Waals surface area contributed by atoms with E-state index in [0.717, 1.165) is 0 Å². The predicted octanol–water partition coefficient (Wildman–Crippen LogP) is 0.583. The molecule has 0 aliphatic carbocycles. The molecule has 0 radical (unpaired) electrons. The first kappa shape index (κ1) is 14.7. The summed E-state index contributed by atoms with van der Waals surface area (Å²) >= 11 is 0. The monoisotopic (exact) mass is 249 g/mol. The highest BCUT2D eigenvalue weighted by Crippen LogP contribution is 2.18. The van der Waals surface area contributed by atoms with Crippen LogP contribution in [0.25, 0.3) is 0 Å². The Morgan fingerprint density at radius 1 is 1.33 bits per heavy atom. The van der Waals surface area contributed by atoms with E-state index in [4.69, 9.17) is 5.11 Å². The molecule has 0 aromatic rings. The number of hydrogen-bond donors (Lipinski definition) is 1. The van der Waals surface area contributed by atoms with Gasteiger partial charge in [-0.25, -0.2) is 8.42 Å². The van der Waals surface area contributed by atoms with Crippen molar-refractivity contribution < 1.29 is 26.7 Å². The second-order valence-electron chi connectivity index (χ2n) is 2.99. The molecule has 92 valence electrons. The summed E-state index contributed by atoms with van der Waals surface area (Å²) in [6, 6.07) is 0. The van der Waals surface area contributed by atoms with Crippen molar-refractivity contribution in [3.8, 4) is 0 Å². The standard InChI is InChI=1S/C7H14F3NO3S/c1-2-5-15(13,14)11(3-4-12)6-7(8,9)10/h12H,2-6H2,1H3. The van der Waals surface area contributed by atoms with Gasteiger partial charge in [0, 0.05) is 6.54 Å². The van der Waals surface area contributed by atoms with E-state index in [0.29, 0.717) is 0 Å². The van der Waals surface area contributed by atoms with Gasteiger partial charge in [0.05, 0.1) is 12.4 Å². The lowest BCUT2D eigenvalue weighted by Gasteiger charge is -2.22. The van der Waals surface area contributed by atoms with Gasteiger partial charge in [-0.05, 0) is 6.42 Å². The molecule has 4 nitrogen and oxygen atoms in total. The van der Waals surface area contributed by atoms with Crippen LogP contribution in [-0.2, 0) is 10.0 Å². The number of rotatable bonds is 6. The van der Waals surface area contributed by atoms with Crippen LogP contribution in [0.5, 0.6) is 0 Å². The van der Waals surface area contributed by atoms with E-state index in [1.807, 2.05) is 0 Å². The van der Waals surface area contributed by atoms with Crippen molar-refractivity contribution in [3.63, 3.8) is 0 Å². The highest BCUT2D eigenvalue weighted by atomic mass is 32.2. The second kappa shape index (κ2) is 5.66. The minimum atomic E-state index is -4.59. The molecule has 8 heteroatoms. The lowest BCUT2D eigenvalue weighted by molar-refractivity contribution is -0.136. The van der Waals surface area contributed by atoms with E-state index in [-0.39, 0.29) is 16.5 Å². The van der Waals surface area contributed by atoms with Crippen molar-refractivity contribution in [1.82, 2.24) is 4.31 Å². The maximum atomic E-state index is 12.0. The number of aliphatic hydroxyl groups is 1. The molecule has 0 fully saturated rings. The molecule has 0 spiro atoms. The number of aliphatic hydroxyl groups excluding tert-OH is 1. The Morgan fingerprint density at radius 2 is 1.87 bits per heavy atom. The first-order chi connectivity index (χ1) is 6.73. The largest absolute Gasteiger partial charge is 0.402 e. The van der Waals surface area contributed by atoms with Gasteiger partial charge in [-0.1, -0.05) is 6.92 Å². The van der Waals surface area contributed by atoms with Crippen molar-refractivity contribution in [2.45, 2.75) is 19.5 Å². The Balaban J connectivity index is 4.66. The van der Waals surface area contributed by atoms with Crippen LogP contribution in [0.2, 0.25) is 0 Å². The van der Waals surface area contributed by atoms with E-state index >= 15 is 0 Å². The van der Waals surface area contributed by atoms with Gasteiger partial charge in [0.1, 0.15) is 6.54 Å². The van der Waals surface area contributed by atoms with Gasteiger partial charge < -0.3 is 5.11 Å². The third kappa shape index (κ3) is 5.95. The molecule has 0 atom stereocenters. The molecule has 0 saturated heterocycles. The number of halogens is 3. The molecule has 15 heavy (non-hydrogen) atoms. The molecular formula is C7H14F3NO3S. The van der Waals surface area contributed by atoms with E-state index in [1.54, 1.807) is 6.92 Å². The first-order valence-corrected chi connectivity index (χ1v) is 5.99. The Kier molecular flexibility index (Phi) is 5.54. The van der Waals surface area contributed by atoms with Crippen molar-refractivity contribution in [3.05, 3.63) is 0 Å². The van der Waals surface area contributed by atoms with Crippen molar-refractivity contribution in [2.75, 3.05) is 25.4 Å².